The maximum Gasteiger partial charge on any atom is 0.573 e. The second-order valence-corrected chi connectivity index (χ2v) is 9.79. The highest BCUT2D eigenvalue weighted by atomic mass is 19.4. The monoisotopic (exact) mass is 424 g/mol. The largest absolute Gasteiger partial charge is 0.573 e. The number of aryl methyl sites for hydroxylation is 1. The highest BCUT2D eigenvalue weighted by Crippen LogP contribution is 2.43. The molecule has 0 aliphatic heterocycles. The molecule has 0 N–H and O–H groups in total. The van der Waals surface area contributed by atoms with E-state index < -0.39 is 6.36 Å². The Kier molecular flexibility index (Phi) is 8.95. The average Bonchev–Trinajstić information content (AvgIpc) is 2.73. The SMILES string of the molecule is CCC[C@H]1CC[C@H]([C@H]2CC[C@H](CCCCc3ccc(OC(F)(F)F)cc3)CC2)CC1. The van der Waals surface area contributed by atoms with Gasteiger partial charge in [-0.15, -0.1) is 13.2 Å². The van der Waals surface area contributed by atoms with E-state index in [4.69, 9.17) is 0 Å². The van der Waals surface area contributed by atoms with E-state index in [2.05, 4.69) is 11.7 Å². The molecule has 30 heavy (non-hydrogen) atoms. The van der Waals surface area contributed by atoms with Crippen LogP contribution in [-0.2, 0) is 6.42 Å². The van der Waals surface area contributed by atoms with Crippen molar-refractivity contribution >= 4 is 0 Å². The summed E-state index contributed by atoms with van der Waals surface area (Å²) in [4.78, 5) is 0. The Balaban J connectivity index is 1.27. The average molecular weight is 425 g/mol. The molecule has 2 fully saturated rings. The second kappa shape index (κ2) is 11.4. The number of alkyl halides is 3. The van der Waals surface area contributed by atoms with Crippen LogP contribution < -0.4 is 4.74 Å². The normalized spacial score (nSPS) is 27.7. The standard InChI is InChI=1S/C26H39F3O/c1-2-5-20-8-14-23(15-9-20)24-16-10-21(11-17-24)6-3-4-7-22-12-18-25(19-13-22)30-26(27,28)29/h12-13,18-21,23-24H,2-11,14-17H2,1H3/t20-,21-,23-,24-. The summed E-state index contributed by atoms with van der Waals surface area (Å²) in [5.41, 5.74) is 1.09. The van der Waals surface area contributed by atoms with E-state index in [1.807, 2.05) is 0 Å². The Bertz CT molecular complexity index is 594. The summed E-state index contributed by atoms with van der Waals surface area (Å²) in [5.74, 6) is 3.75. The minimum atomic E-state index is -4.62. The van der Waals surface area contributed by atoms with Crippen molar-refractivity contribution in [1.29, 1.82) is 0 Å². The number of hydrogen-bond acceptors (Lipinski definition) is 1. The minimum Gasteiger partial charge on any atom is -0.406 e. The van der Waals surface area contributed by atoms with Crippen molar-refractivity contribution < 1.29 is 17.9 Å². The van der Waals surface area contributed by atoms with Crippen molar-refractivity contribution in [2.24, 2.45) is 23.7 Å². The lowest BCUT2D eigenvalue weighted by Crippen LogP contribution is -2.25. The van der Waals surface area contributed by atoms with Crippen LogP contribution in [0.1, 0.15) is 96.0 Å². The molecule has 0 unspecified atom stereocenters. The third-order valence-electron chi connectivity index (χ3n) is 7.63. The first-order chi connectivity index (χ1) is 14.4. The van der Waals surface area contributed by atoms with Gasteiger partial charge >= 0.3 is 6.36 Å². The van der Waals surface area contributed by atoms with E-state index in [-0.39, 0.29) is 5.75 Å². The fourth-order valence-corrected chi connectivity index (χ4v) is 5.92. The third-order valence-corrected chi connectivity index (χ3v) is 7.63. The predicted octanol–water partition coefficient (Wildman–Crippen LogP) is 8.71. The molecule has 3 rings (SSSR count). The minimum absolute atomic E-state index is 0.137. The van der Waals surface area contributed by atoms with Crippen LogP contribution in [0, 0.1) is 23.7 Å². The summed E-state index contributed by atoms with van der Waals surface area (Å²) in [5, 5.41) is 0. The molecule has 0 heterocycles. The van der Waals surface area contributed by atoms with Gasteiger partial charge in [-0.2, -0.15) is 0 Å². The van der Waals surface area contributed by atoms with Gasteiger partial charge in [0.1, 0.15) is 5.75 Å². The molecule has 0 saturated heterocycles. The molecule has 0 radical (unpaired) electrons. The Hall–Kier alpha value is -1.19. The molecule has 1 nitrogen and oxygen atoms in total. The van der Waals surface area contributed by atoms with Crippen molar-refractivity contribution in [3.8, 4) is 5.75 Å². The van der Waals surface area contributed by atoms with Crippen LogP contribution in [-0.4, -0.2) is 6.36 Å². The van der Waals surface area contributed by atoms with Crippen LogP contribution in [0.4, 0.5) is 13.2 Å². The highest BCUT2D eigenvalue weighted by Gasteiger charge is 2.31. The second-order valence-electron chi connectivity index (χ2n) is 9.79. The summed E-state index contributed by atoms with van der Waals surface area (Å²) >= 11 is 0. The number of unbranched alkanes of at least 4 members (excludes halogenated alkanes) is 1. The van der Waals surface area contributed by atoms with E-state index >= 15 is 0 Å². The maximum absolute atomic E-state index is 12.2. The fraction of sp³-hybridized carbons (Fsp3) is 0.769. The number of rotatable bonds is 9. The lowest BCUT2D eigenvalue weighted by molar-refractivity contribution is -0.274. The lowest BCUT2D eigenvalue weighted by Gasteiger charge is -2.38. The van der Waals surface area contributed by atoms with Crippen molar-refractivity contribution in [2.45, 2.75) is 103 Å². The van der Waals surface area contributed by atoms with E-state index in [9.17, 15) is 13.2 Å². The number of ether oxygens (including phenoxy) is 1. The fourth-order valence-electron chi connectivity index (χ4n) is 5.92. The molecular formula is C26H39F3O. The zero-order chi connectivity index (χ0) is 21.4. The molecule has 0 spiro atoms. The molecule has 0 amide bonds. The first-order valence-corrected chi connectivity index (χ1v) is 12.3. The van der Waals surface area contributed by atoms with Gasteiger partial charge in [-0.25, -0.2) is 0 Å². The van der Waals surface area contributed by atoms with Gasteiger partial charge < -0.3 is 4.74 Å². The van der Waals surface area contributed by atoms with Gasteiger partial charge in [0.25, 0.3) is 0 Å². The Labute approximate surface area is 180 Å². The van der Waals surface area contributed by atoms with Crippen LogP contribution in [0.25, 0.3) is 0 Å². The van der Waals surface area contributed by atoms with Crippen molar-refractivity contribution in [3.05, 3.63) is 29.8 Å². The van der Waals surface area contributed by atoms with Gasteiger partial charge in [0, 0.05) is 0 Å². The first kappa shape index (κ1) is 23.5. The van der Waals surface area contributed by atoms with Gasteiger partial charge in [0.15, 0.2) is 0 Å². The molecule has 0 atom stereocenters. The molecule has 2 aliphatic carbocycles. The molecule has 0 aromatic heterocycles. The Morgan fingerprint density at radius 1 is 0.767 bits per heavy atom. The summed E-state index contributed by atoms with van der Waals surface area (Å²) in [6.45, 7) is 2.32. The van der Waals surface area contributed by atoms with Crippen LogP contribution in [0.2, 0.25) is 0 Å². The van der Waals surface area contributed by atoms with Crippen LogP contribution in [0.3, 0.4) is 0 Å². The number of hydrogen-bond donors (Lipinski definition) is 0. The van der Waals surface area contributed by atoms with E-state index in [0.717, 1.165) is 42.1 Å². The van der Waals surface area contributed by atoms with E-state index in [1.165, 1.54) is 89.2 Å². The quantitative estimate of drug-likeness (QED) is 0.360. The molecule has 1 aromatic carbocycles. The molecular weight excluding hydrogens is 385 g/mol. The zero-order valence-electron chi connectivity index (χ0n) is 18.6. The predicted molar refractivity (Wildman–Crippen MR) is 116 cm³/mol. The van der Waals surface area contributed by atoms with Gasteiger partial charge in [0.2, 0.25) is 0 Å². The summed E-state index contributed by atoms with van der Waals surface area (Å²) in [6, 6.07) is 6.34. The summed E-state index contributed by atoms with van der Waals surface area (Å²) in [7, 11) is 0. The topological polar surface area (TPSA) is 9.23 Å². The van der Waals surface area contributed by atoms with Gasteiger partial charge in [-0.3, -0.25) is 0 Å². The zero-order valence-corrected chi connectivity index (χ0v) is 18.6. The van der Waals surface area contributed by atoms with Crippen molar-refractivity contribution in [2.75, 3.05) is 0 Å². The van der Waals surface area contributed by atoms with Crippen LogP contribution in [0.5, 0.6) is 5.75 Å². The Morgan fingerprint density at radius 2 is 1.30 bits per heavy atom. The highest BCUT2D eigenvalue weighted by molar-refractivity contribution is 5.27. The van der Waals surface area contributed by atoms with Gasteiger partial charge in [0.05, 0.1) is 0 Å². The van der Waals surface area contributed by atoms with Crippen LogP contribution in [0.15, 0.2) is 24.3 Å². The van der Waals surface area contributed by atoms with Crippen molar-refractivity contribution in [1.82, 2.24) is 0 Å². The van der Waals surface area contributed by atoms with E-state index in [0.29, 0.717) is 0 Å². The lowest BCUT2D eigenvalue weighted by atomic mass is 9.68. The smallest absolute Gasteiger partial charge is 0.406 e. The molecule has 1 aromatic rings. The number of benzene rings is 1. The first-order valence-electron chi connectivity index (χ1n) is 12.3. The van der Waals surface area contributed by atoms with Gasteiger partial charge in [-0.1, -0.05) is 70.4 Å². The summed E-state index contributed by atoms with van der Waals surface area (Å²) < 4.78 is 40.6. The van der Waals surface area contributed by atoms with Crippen molar-refractivity contribution in [3.63, 3.8) is 0 Å². The number of halogens is 3. The third kappa shape index (κ3) is 7.81. The Morgan fingerprint density at radius 3 is 1.80 bits per heavy atom. The molecule has 2 saturated carbocycles. The molecule has 0 bridgehead atoms. The van der Waals surface area contributed by atoms with Crippen LogP contribution >= 0.6 is 0 Å². The molecule has 2 aliphatic rings. The maximum atomic E-state index is 12.2. The van der Waals surface area contributed by atoms with E-state index in [1.54, 1.807) is 12.1 Å². The van der Waals surface area contributed by atoms with Gasteiger partial charge in [-0.05, 0) is 79.9 Å². The summed E-state index contributed by atoms with van der Waals surface area (Å²) in [6.07, 6.45) is 14.3. The molecule has 4 heteroatoms. The molecule has 170 valence electrons.